The second kappa shape index (κ2) is 10.1. The second-order valence-corrected chi connectivity index (χ2v) is 9.42. The Balaban J connectivity index is 1.74. The van der Waals surface area contributed by atoms with E-state index in [0.29, 0.717) is 42.9 Å². The Morgan fingerprint density at radius 2 is 2.09 bits per heavy atom. The van der Waals surface area contributed by atoms with Crippen molar-refractivity contribution < 1.29 is 29.0 Å². The van der Waals surface area contributed by atoms with Gasteiger partial charge in [-0.1, -0.05) is 17.7 Å². The molecule has 34 heavy (non-hydrogen) atoms. The van der Waals surface area contributed by atoms with Crippen molar-refractivity contribution in [3.05, 3.63) is 41.9 Å². The smallest absolute Gasteiger partial charge is 0.312 e. The van der Waals surface area contributed by atoms with Crippen LogP contribution in [0.2, 0.25) is 5.02 Å². The normalized spacial score (nSPS) is 29.3. The standard InChI is InChI=1S/C25H31ClN2O6/c1-3-13-27(17-9-7-16(26)8-10-17)23(31)21-25-12-11-18(34-25)19(24(32)33-4-2)20(25)22(30)28(21)14-5-6-15-29/h3,7-10,18-21,29H,1,4-6,11-15H2,2H3/t18-,19+,20+,21-,25+/m0/s1. The first-order valence-electron chi connectivity index (χ1n) is 11.8. The Morgan fingerprint density at radius 1 is 1.35 bits per heavy atom. The number of carbonyl (C=O) groups excluding carboxylic acids is 3. The van der Waals surface area contributed by atoms with Gasteiger partial charge in [0.15, 0.2) is 0 Å². The first-order valence-corrected chi connectivity index (χ1v) is 12.2. The van der Waals surface area contributed by atoms with E-state index in [1.54, 1.807) is 47.1 Å². The molecule has 4 rings (SSSR count). The van der Waals surface area contributed by atoms with E-state index in [4.69, 9.17) is 21.1 Å². The summed E-state index contributed by atoms with van der Waals surface area (Å²) in [4.78, 5) is 43.8. The maximum Gasteiger partial charge on any atom is 0.312 e. The van der Waals surface area contributed by atoms with E-state index < -0.39 is 35.6 Å². The number of carbonyl (C=O) groups is 3. The molecule has 1 N–H and O–H groups in total. The van der Waals surface area contributed by atoms with E-state index >= 15 is 0 Å². The number of esters is 1. The van der Waals surface area contributed by atoms with Crippen LogP contribution < -0.4 is 4.90 Å². The van der Waals surface area contributed by atoms with Crippen molar-refractivity contribution in [3.63, 3.8) is 0 Å². The summed E-state index contributed by atoms with van der Waals surface area (Å²) in [5, 5.41) is 9.81. The lowest BCUT2D eigenvalue weighted by atomic mass is 9.70. The molecule has 3 aliphatic heterocycles. The van der Waals surface area contributed by atoms with Crippen molar-refractivity contribution in [2.24, 2.45) is 11.8 Å². The van der Waals surface area contributed by atoms with E-state index in [1.165, 1.54) is 0 Å². The number of rotatable bonds is 10. The lowest BCUT2D eigenvalue weighted by Crippen LogP contribution is -2.56. The van der Waals surface area contributed by atoms with Crippen molar-refractivity contribution in [1.82, 2.24) is 4.90 Å². The molecule has 0 radical (unpaired) electrons. The summed E-state index contributed by atoms with van der Waals surface area (Å²) in [5.74, 6) is -2.47. The van der Waals surface area contributed by atoms with Crippen LogP contribution in [-0.4, -0.2) is 71.8 Å². The van der Waals surface area contributed by atoms with E-state index in [0.717, 1.165) is 0 Å². The minimum Gasteiger partial charge on any atom is -0.466 e. The zero-order chi connectivity index (χ0) is 24.5. The summed E-state index contributed by atoms with van der Waals surface area (Å²) < 4.78 is 11.7. The highest BCUT2D eigenvalue weighted by atomic mass is 35.5. The molecular formula is C25H31ClN2O6. The number of nitrogens with zero attached hydrogens (tertiary/aromatic N) is 2. The number of aliphatic hydroxyl groups is 1. The maximum atomic E-state index is 14.1. The summed E-state index contributed by atoms with van der Waals surface area (Å²) in [6, 6.07) is 6.02. The average Bonchev–Trinajstić information content (AvgIpc) is 3.46. The van der Waals surface area contributed by atoms with Crippen molar-refractivity contribution >= 4 is 35.1 Å². The lowest BCUT2D eigenvalue weighted by molar-refractivity contribution is -0.154. The third-order valence-corrected chi connectivity index (χ3v) is 7.37. The maximum absolute atomic E-state index is 14.1. The predicted octanol–water partition coefficient (Wildman–Crippen LogP) is 2.57. The molecule has 1 aromatic carbocycles. The fourth-order valence-corrected chi connectivity index (χ4v) is 5.92. The van der Waals surface area contributed by atoms with Gasteiger partial charge in [-0.25, -0.2) is 0 Å². The van der Waals surface area contributed by atoms with Gasteiger partial charge in [0.25, 0.3) is 5.91 Å². The topological polar surface area (TPSA) is 96.4 Å². The number of halogens is 1. The fourth-order valence-electron chi connectivity index (χ4n) is 5.79. The molecule has 1 aromatic rings. The Hall–Kier alpha value is -2.42. The molecule has 2 bridgehead atoms. The van der Waals surface area contributed by atoms with Gasteiger partial charge >= 0.3 is 5.97 Å². The van der Waals surface area contributed by atoms with Gasteiger partial charge in [0.2, 0.25) is 5.91 Å². The summed E-state index contributed by atoms with van der Waals surface area (Å²) in [6.07, 6.45) is 3.32. The zero-order valence-corrected chi connectivity index (χ0v) is 20.1. The number of unbranched alkanes of at least 4 members (excludes halogenated alkanes) is 1. The number of likely N-dealkylation sites (tertiary alicyclic amines) is 1. The number of hydrogen-bond donors (Lipinski definition) is 1. The molecule has 2 amide bonds. The predicted molar refractivity (Wildman–Crippen MR) is 126 cm³/mol. The Kier molecular flexibility index (Phi) is 7.31. The van der Waals surface area contributed by atoms with Crippen LogP contribution in [-0.2, 0) is 23.9 Å². The molecule has 0 unspecified atom stereocenters. The van der Waals surface area contributed by atoms with Gasteiger partial charge in [-0.2, -0.15) is 0 Å². The van der Waals surface area contributed by atoms with Crippen LogP contribution in [0.5, 0.6) is 0 Å². The molecule has 9 heteroatoms. The highest BCUT2D eigenvalue weighted by molar-refractivity contribution is 6.30. The van der Waals surface area contributed by atoms with E-state index in [2.05, 4.69) is 6.58 Å². The summed E-state index contributed by atoms with van der Waals surface area (Å²) in [7, 11) is 0. The Bertz CT molecular complexity index is 953. The number of ether oxygens (including phenoxy) is 2. The lowest BCUT2D eigenvalue weighted by Gasteiger charge is -2.36. The molecule has 0 saturated carbocycles. The van der Waals surface area contributed by atoms with Crippen LogP contribution in [0.25, 0.3) is 0 Å². The fraction of sp³-hybridized carbons (Fsp3) is 0.560. The summed E-state index contributed by atoms with van der Waals surface area (Å²) in [6.45, 7) is 6.25. The Labute approximate surface area is 204 Å². The first kappa shape index (κ1) is 24.7. The van der Waals surface area contributed by atoms with Crippen molar-refractivity contribution in [2.45, 2.75) is 50.4 Å². The average molecular weight is 491 g/mol. The Morgan fingerprint density at radius 3 is 2.74 bits per heavy atom. The van der Waals surface area contributed by atoms with E-state index in [1.807, 2.05) is 0 Å². The molecule has 0 aliphatic carbocycles. The highest BCUT2D eigenvalue weighted by Crippen LogP contribution is 2.58. The van der Waals surface area contributed by atoms with Gasteiger partial charge in [0, 0.05) is 30.4 Å². The molecule has 3 heterocycles. The molecule has 5 atom stereocenters. The van der Waals surface area contributed by atoms with Crippen LogP contribution in [0.15, 0.2) is 36.9 Å². The molecule has 184 valence electrons. The van der Waals surface area contributed by atoms with Gasteiger partial charge in [-0.3, -0.25) is 14.4 Å². The number of benzene rings is 1. The van der Waals surface area contributed by atoms with Gasteiger partial charge in [-0.05, 0) is 56.9 Å². The number of fused-ring (bicyclic) bond motifs is 1. The van der Waals surface area contributed by atoms with Crippen LogP contribution in [0, 0.1) is 11.8 Å². The molecule has 0 aromatic heterocycles. The number of hydrogen-bond acceptors (Lipinski definition) is 6. The highest BCUT2D eigenvalue weighted by Gasteiger charge is 2.75. The largest absolute Gasteiger partial charge is 0.466 e. The minimum absolute atomic E-state index is 0.00734. The minimum atomic E-state index is -1.08. The second-order valence-electron chi connectivity index (χ2n) is 8.98. The molecule has 3 saturated heterocycles. The van der Waals surface area contributed by atoms with Gasteiger partial charge in [0.05, 0.1) is 24.5 Å². The molecular weight excluding hydrogens is 460 g/mol. The summed E-state index contributed by atoms with van der Waals surface area (Å²) in [5.41, 5.74) is -0.451. The molecule has 8 nitrogen and oxygen atoms in total. The first-order chi connectivity index (χ1) is 16.4. The van der Waals surface area contributed by atoms with E-state index in [9.17, 15) is 19.5 Å². The number of amides is 2. The van der Waals surface area contributed by atoms with Crippen molar-refractivity contribution in [3.8, 4) is 0 Å². The van der Waals surface area contributed by atoms with Gasteiger partial charge in [0.1, 0.15) is 11.6 Å². The van der Waals surface area contributed by atoms with Crippen LogP contribution in [0.3, 0.4) is 0 Å². The number of anilines is 1. The molecule has 1 spiro atoms. The van der Waals surface area contributed by atoms with Gasteiger partial charge in [-0.15, -0.1) is 6.58 Å². The van der Waals surface area contributed by atoms with Crippen LogP contribution in [0.4, 0.5) is 5.69 Å². The summed E-state index contributed by atoms with van der Waals surface area (Å²) >= 11 is 6.05. The number of aliphatic hydroxyl groups excluding tert-OH is 1. The molecule has 3 aliphatic rings. The van der Waals surface area contributed by atoms with Gasteiger partial charge < -0.3 is 24.4 Å². The van der Waals surface area contributed by atoms with Crippen molar-refractivity contribution in [1.29, 1.82) is 0 Å². The quantitative estimate of drug-likeness (QED) is 0.307. The monoisotopic (exact) mass is 490 g/mol. The third-order valence-electron chi connectivity index (χ3n) is 7.12. The van der Waals surface area contributed by atoms with Crippen LogP contribution in [0.1, 0.15) is 32.6 Å². The van der Waals surface area contributed by atoms with Crippen molar-refractivity contribution in [2.75, 3.05) is 31.2 Å². The SMILES string of the molecule is C=CCN(C(=O)[C@@H]1N(CCCCO)C(=O)[C@H]2[C@H](C(=O)OCC)[C@@H]3CC[C@]12O3)c1ccc(Cl)cc1. The zero-order valence-electron chi connectivity index (χ0n) is 19.3. The van der Waals surface area contributed by atoms with Crippen LogP contribution >= 0.6 is 11.6 Å². The van der Waals surface area contributed by atoms with E-state index in [-0.39, 0.29) is 31.6 Å². The molecule has 3 fully saturated rings. The third kappa shape index (κ3) is 4.01.